The molecule has 0 spiro atoms. The summed E-state index contributed by atoms with van der Waals surface area (Å²) in [4.78, 5) is 0. The average molecular weight is 442 g/mol. The maximum absolute atomic E-state index is 10.5. The Morgan fingerprint density at radius 1 is 0.633 bits per heavy atom. The summed E-state index contributed by atoms with van der Waals surface area (Å²) >= 11 is 0. The van der Waals surface area contributed by atoms with Crippen molar-refractivity contribution in [1.82, 2.24) is 0 Å². The van der Waals surface area contributed by atoms with Gasteiger partial charge in [-0.2, -0.15) is 0 Å². The van der Waals surface area contributed by atoms with Crippen molar-refractivity contribution in [2.24, 2.45) is 0 Å². The molecule has 13 atom stereocenters. The van der Waals surface area contributed by atoms with Crippen LogP contribution in [-0.4, -0.2) is 136 Å². The van der Waals surface area contributed by atoms with Gasteiger partial charge < -0.3 is 64.2 Å². The molecule has 176 valence electrons. The second-order valence-corrected chi connectivity index (χ2v) is 7.64. The number of methoxy groups -OCH3 is 1. The molecule has 0 aromatic rings. The minimum Gasteiger partial charge on any atom is -0.388 e. The van der Waals surface area contributed by atoms with Gasteiger partial charge in [-0.25, -0.2) is 0 Å². The molecule has 13 nitrogen and oxygen atoms in total. The fraction of sp³-hybridized carbons (Fsp3) is 1.00. The summed E-state index contributed by atoms with van der Waals surface area (Å²) in [6, 6.07) is 0. The molecule has 0 aromatic heterocycles. The lowest BCUT2D eigenvalue weighted by Crippen LogP contribution is -2.64. The summed E-state index contributed by atoms with van der Waals surface area (Å²) in [5.41, 5.74) is 0. The molecular weight excluding hydrogens is 412 g/mol. The van der Waals surface area contributed by atoms with Crippen molar-refractivity contribution in [2.45, 2.75) is 86.8 Å². The van der Waals surface area contributed by atoms with Crippen molar-refractivity contribution in [2.75, 3.05) is 20.3 Å². The fourth-order valence-electron chi connectivity index (χ4n) is 3.63. The van der Waals surface area contributed by atoms with Gasteiger partial charge in [0, 0.05) is 7.11 Å². The van der Waals surface area contributed by atoms with E-state index in [0.717, 1.165) is 0 Å². The first-order valence-electron chi connectivity index (χ1n) is 9.64. The van der Waals surface area contributed by atoms with E-state index in [9.17, 15) is 35.7 Å². The van der Waals surface area contributed by atoms with E-state index in [4.69, 9.17) is 28.4 Å². The van der Waals surface area contributed by atoms with Crippen LogP contribution in [0, 0.1) is 0 Å². The van der Waals surface area contributed by atoms with Gasteiger partial charge in [0.05, 0.1) is 19.3 Å². The summed E-state index contributed by atoms with van der Waals surface area (Å²) in [7, 11) is 1.31. The van der Waals surface area contributed by atoms with Gasteiger partial charge in [-0.1, -0.05) is 0 Å². The molecule has 3 saturated heterocycles. The van der Waals surface area contributed by atoms with Crippen LogP contribution in [0.15, 0.2) is 0 Å². The first-order valence-corrected chi connectivity index (χ1v) is 9.64. The van der Waals surface area contributed by atoms with Gasteiger partial charge in [0.15, 0.2) is 18.9 Å². The molecule has 13 heteroatoms. The molecule has 0 bridgehead atoms. The van der Waals surface area contributed by atoms with Crippen molar-refractivity contribution >= 4 is 0 Å². The summed E-state index contributed by atoms with van der Waals surface area (Å²) in [6.45, 7) is 1.04. The van der Waals surface area contributed by atoms with Gasteiger partial charge in [-0.05, 0) is 6.92 Å². The van der Waals surface area contributed by atoms with Gasteiger partial charge in [0.25, 0.3) is 0 Å². The third-order valence-corrected chi connectivity index (χ3v) is 5.48. The Kier molecular flexibility index (Phi) is 8.01. The molecule has 3 aliphatic heterocycles. The highest BCUT2D eigenvalue weighted by Gasteiger charge is 2.50. The molecular formula is C17H30O13. The third kappa shape index (κ3) is 4.78. The van der Waals surface area contributed by atoms with Crippen LogP contribution in [0.4, 0.5) is 0 Å². The molecule has 0 radical (unpaired) electrons. The maximum Gasteiger partial charge on any atom is 0.187 e. The Hall–Kier alpha value is -0.520. The number of aliphatic hydroxyl groups excluding tert-OH is 7. The molecule has 3 rings (SSSR count). The van der Waals surface area contributed by atoms with E-state index >= 15 is 0 Å². The SMILES string of the molecule is CO[C@@H]1OC[C@H](O)[C@H](O)[C@H]1O[C@@H]1O[C@@H](C)[C@H](O[C@@H]2OC[C@@H](O)[C@H](O)[C@H]2O)[C@@H](O)[C@H]1O. The minimum atomic E-state index is -1.65. The van der Waals surface area contributed by atoms with Crippen molar-refractivity contribution in [3.8, 4) is 0 Å². The summed E-state index contributed by atoms with van der Waals surface area (Å²) in [5, 5.41) is 70.2. The maximum atomic E-state index is 10.5. The first kappa shape index (κ1) is 24.1. The second kappa shape index (κ2) is 9.95. The molecule has 3 aliphatic rings. The normalized spacial score (nSPS) is 52.9. The molecule has 0 aliphatic carbocycles. The first-order chi connectivity index (χ1) is 14.1. The smallest absolute Gasteiger partial charge is 0.187 e. The summed E-state index contributed by atoms with van der Waals surface area (Å²) < 4.78 is 32.1. The Labute approximate surface area is 172 Å². The standard InChI is InChI=1S/C17H30O13/c1-5-13(29-15-11(23)8(20)6(18)3-26-15)10(22)12(24)16(28-5)30-14-9(21)7(19)4-27-17(14)25-2/h5-24H,3-4H2,1-2H3/t5-,6+,7-,8-,9-,10-,11+,12+,13-,14+,15-,16-,17+/m0/s1. The molecule has 3 heterocycles. The summed E-state index contributed by atoms with van der Waals surface area (Å²) in [5.74, 6) is 0. The van der Waals surface area contributed by atoms with E-state index in [2.05, 4.69) is 0 Å². The van der Waals surface area contributed by atoms with Crippen molar-refractivity contribution in [1.29, 1.82) is 0 Å². The highest BCUT2D eigenvalue weighted by molar-refractivity contribution is 4.93. The van der Waals surface area contributed by atoms with Crippen molar-refractivity contribution in [3.63, 3.8) is 0 Å². The largest absolute Gasteiger partial charge is 0.388 e. The van der Waals surface area contributed by atoms with Gasteiger partial charge in [0.1, 0.15) is 54.9 Å². The topological polar surface area (TPSA) is 197 Å². The fourth-order valence-corrected chi connectivity index (χ4v) is 3.63. The minimum absolute atomic E-state index is 0.174. The van der Waals surface area contributed by atoms with E-state index in [0.29, 0.717) is 0 Å². The zero-order valence-electron chi connectivity index (χ0n) is 16.5. The molecule has 7 N–H and O–H groups in total. The third-order valence-electron chi connectivity index (χ3n) is 5.48. The predicted molar refractivity (Wildman–Crippen MR) is 92.6 cm³/mol. The summed E-state index contributed by atoms with van der Waals surface area (Å²) in [6.07, 6.45) is -17.4. The van der Waals surface area contributed by atoms with E-state index in [1.165, 1.54) is 14.0 Å². The van der Waals surface area contributed by atoms with E-state index in [1.54, 1.807) is 0 Å². The Bertz CT molecular complexity index is 550. The lowest BCUT2D eigenvalue weighted by Gasteiger charge is -2.46. The van der Waals surface area contributed by atoms with Crippen LogP contribution in [0.25, 0.3) is 0 Å². The molecule has 0 aromatic carbocycles. The highest BCUT2D eigenvalue weighted by atomic mass is 16.8. The zero-order valence-corrected chi connectivity index (χ0v) is 16.5. The number of hydrogen-bond donors (Lipinski definition) is 7. The molecule has 3 fully saturated rings. The van der Waals surface area contributed by atoms with Gasteiger partial charge in [0.2, 0.25) is 0 Å². The number of hydrogen-bond acceptors (Lipinski definition) is 13. The highest BCUT2D eigenvalue weighted by Crippen LogP contribution is 2.30. The molecule has 0 amide bonds. The van der Waals surface area contributed by atoms with E-state index in [-0.39, 0.29) is 13.2 Å². The van der Waals surface area contributed by atoms with Gasteiger partial charge in [-0.15, -0.1) is 0 Å². The predicted octanol–water partition coefficient (Wildman–Crippen LogP) is -4.61. The number of aliphatic hydroxyl groups is 7. The van der Waals surface area contributed by atoms with Crippen molar-refractivity contribution < 1.29 is 64.2 Å². The van der Waals surface area contributed by atoms with Gasteiger partial charge in [-0.3, -0.25) is 0 Å². The number of rotatable bonds is 5. The lowest BCUT2D eigenvalue weighted by atomic mass is 9.98. The quantitative estimate of drug-likeness (QED) is 0.215. The van der Waals surface area contributed by atoms with Crippen LogP contribution in [-0.2, 0) is 28.4 Å². The van der Waals surface area contributed by atoms with Crippen LogP contribution in [0.1, 0.15) is 6.92 Å². The van der Waals surface area contributed by atoms with Crippen molar-refractivity contribution in [3.05, 3.63) is 0 Å². The van der Waals surface area contributed by atoms with Crippen LogP contribution in [0.3, 0.4) is 0 Å². The van der Waals surface area contributed by atoms with E-state index < -0.39 is 79.9 Å². The zero-order chi connectivity index (χ0) is 22.2. The van der Waals surface area contributed by atoms with Crippen LogP contribution in [0.5, 0.6) is 0 Å². The molecule has 0 unspecified atom stereocenters. The Morgan fingerprint density at radius 3 is 1.80 bits per heavy atom. The monoisotopic (exact) mass is 442 g/mol. The van der Waals surface area contributed by atoms with Crippen LogP contribution < -0.4 is 0 Å². The lowest BCUT2D eigenvalue weighted by molar-refractivity contribution is -0.369. The molecule has 30 heavy (non-hydrogen) atoms. The van der Waals surface area contributed by atoms with E-state index in [1.807, 2.05) is 0 Å². The number of ether oxygens (including phenoxy) is 6. The van der Waals surface area contributed by atoms with Crippen LogP contribution in [0.2, 0.25) is 0 Å². The van der Waals surface area contributed by atoms with Crippen LogP contribution >= 0.6 is 0 Å². The Balaban J connectivity index is 1.64. The second-order valence-electron chi connectivity index (χ2n) is 7.64. The van der Waals surface area contributed by atoms with Gasteiger partial charge >= 0.3 is 0 Å². The average Bonchev–Trinajstić information content (AvgIpc) is 2.72. The molecule has 0 saturated carbocycles. The Morgan fingerprint density at radius 2 is 1.17 bits per heavy atom.